The zero-order valence-electron chi connectivity index (χ0n) is 21.3. The van der Waals surface area contributed by atoms with E-state index in [1.165, 1.54) is 0 Å². The molecule has 8 nitrogen and oxygen atoms in total. The molecule has 0 aliphatic carbocycles. The topological polar surface area (TPSA) is 80.7 Å². The van der Waals surface area contributed by atoms with Crippen LogP contribution in [0.15, 0.2) is 60.9 Å². The van der Waals surface area contributed by atoms with E-state index in [0.29, 0.717) is 29.7 Å². The van der Waals surface area contributed by atoms with Gasteiger partial charge < -0.3 is 29.6 Å². The van der Waals surface area contributed by atoms with Crippen molar-refractivity contribution in [2.75, 3.05) is 31.0 Å². The number of methoxy groups -OCH3 is 2. The molecule has 3 aromatic rings. The van der Waals surface area contributed by atoms with Gasteiger partial charge in [-0.3, -0.25) is 9.78 Å². The predicted octanol–water partition coefficient (Wildman–Crippen LogP) is 4.70. The van der Waals surface area contributed by atoms with Crippen molar-refractivity contribution in [3.05, 3.63) is 72.3 Å². The number of thiocarbonyl (C=S) groups is 1. The maximum absolute atomic E-state index is 12.6. The lowest BCUT2D eigenvalue weighted by atomic mass is 9.95. The van der Waals surface area contributed by atoms with Crippen molar-refractivity contribution < 1.29 is 14.3 Å². The summed E-state index contributed by atoms with van der Waals surface area (Å²) in [6.07, 6.45) is 3.84. The Morgan fingerprint density at radius 1 is 1.17 bits per heavy atom. The first-order chi connectivity index (χ1) is 17.2. The molecule has 2 aromatic heterocycles. The molecule has 9 heteroatoms. The number of carbonyl (C=O) groups is 1. The molecule has 1 aromatic carbocycles. The van der Waals surface area contributed by atoms with Gasteiger partial charge in [0.05, 0.1) is 31.1 Å². The van der Waals surface area contributed by atoms with Crippen LogP contribution in [0, 0.1) is 5.41 Å². The molecule has 0 saturated carbocycles. The number of ether oxygens (including phenoxy) is 2. The maximum Gasteiger partial charge on any atom is 0.229 e. The first-order valence-electron chi connectivity index (χ1n) is 11.9. The number of hydrogen-bond donors (Lipinski definition) is 2. The standard InChI is InChI=1S/C27H33N5O3S/c1-27(2,3)25(33)29-19-12-11-18(17-22(19)35-5)32-24(21-10-8-14-31(21)15-16-34-4)23(30-26(32)36)20-9-6-7-13-28-20/h6-14,17,23-24H,15-16H2,1-5H3,(H,29,33)(H,30,36)/t23-,24+/m1/s1. The van der Waals surface area contributed by atoms with Crippen LogP contribution in [0.4, 0.5) is 11.4 Å². The van der Waals surface area contributed by atoms with Gasteiger partial charge in [-0.15, -0.1) is 0 Å². The number of carbonyl (C=O) groups excluding carboxylic acids is 1. The molecule has 0 spiro atoms. The van der Waals surface area contributed by atoms with Gasteiger partial charge in [0.15, 0.2) is 5.11 Å². The Balaban J connectivity index is 1.76. The number of aromatic nitrogens is 2. The van der Waals surface area contributed by atoms with E-state index < -0.39 is 5.41 Å². The van der Waals surface area contributed by atoms with E-state index in [2.05, 4.69) is 37.3 Å². The van der Waals surface area contributed by atoms with Crippen LogP contribution in [-0.2, 0) is 16.1 Å². The van der Waals surface area contributed by atoms with Gasteiger partial charge in [-0.1, -0.05) is 26.8 Å². The van der Waals surface area contributed by atoms with E-state index in [1.54, 1.807) is 20.4 Å². The van der Waals surface area contributed by atoms with Crippen LogP contribution in [0.5, 0.6) is 5.75 Å². The third-order valence-electron chi connectivity index (χ3n) is 6.19. The molecule has 4 rings (SSSR count). The summed E-state index contributed by atoms with van der Waals surface area (Å²) in [7, 11) is 3.29. The summed E-state index contributed by atoms with van der Waals surface area (Å²) < 4.78 is 13.2. The maximum atomic E-state index is 12.6. The van der Waals surface area contributed by atoms with E-state index in [9.17, 15) is 4.79 Å². The van der Waals surface area contributed by atoms with Crippen LogP contribution in [0.2, 0.25) is 0 Å². The quantitative estimate of drug-likeness (QED) is 0.428. The Labute approximate surface area is 217 Å². The molecule has 0 bridgehead atoms. The molecular formula is C27H33N5O3S. The van der Waals surface area contributed by atoms with Crippen LogP contribution in [0.1, 0.15) is 44.2 Å². The van der Waals surface area contributed by atoms with Crippen molar-refractivity contribution in [2.45, 2.75) is 39.4 Å². The van der Waals surface area contributed by atoms with Crippen molar-refractivity contribution in [3.63, 3.8) is 0 Å². The zero-order chi connectivity index (χ0) is 25.9. The summed E-state index contributed by atoms with van der Waals surface area (Å²) in [5.74, 6) is 0.471. The highest BCUT2D eigenvalue weighted by Crippen LogP contribution is 2.43. The number of hydrogen-bond acceptors (Lipinski definition) is 5. The summed E-state index contributed by atoms with van der Waals surface area (Å²) in [4.78, 5) is 19.3. The summed E-state index contributed by atoms with van der Waals surface area (Å²) >= 11 is 5.85. The van der Waals surface area contributed by atoms with Crippen LogP contribution in [0.25, 0.3) is 0 Å². The SMILES string of the molecule is COCCn1cccc1[C@H]1[C@@H](c2ccccn2)NC(=S)N1c1ccc(NC(=O)C(C)(C)C)c(OC)c1. The number of rotatable bonds is 8. The number of nitrogens with zero attached hydrogens (tertiary/aromatic N) is 3. The number of amides is 1. The normalized spacial score (nSPS) is 17.7. The molecule has 2 atom stereocenters. The fraction of sp³-hybridized carbons (Fsp3) is 0.370. The fourth-order valence-electron chi connectivity index (χ4n) is 4.27. The summed E-state index contributed by atoms with van der Waals surface area (Å²) in [6, 6.07) is 15.4. The van der Waals surface area contributed by atoms with Gasteiger partial charge >= 0.3 is 0 Å². The summed E-state index contributed by atoms with van der Waals surface area (Å²) in [5.41, 5.74) is 2.91. The number of nitrogens with one attached hydrogen (secondary N) is 2. The molecule has 0 radical (unpaired) electrons. The van der Waals surface area contributed by atoms with Gasteiger partial charge in [0.2, 0.25) is 5.91 Å². The van der Waals surface area contributed by atoms with Crippen LogP contribution < -0.4 is 20.3 Å². The average molecular weight is 508 g/mol. The minimum atomic E-state index is -0.529. The Morgan fingerprint density at radius 3 is 2.64 bits per heavy atom. The molecule has 3 heterocycles. The molecule has 0 unspecified atom stereocenters. The lowest BCUT2D eigenvalue weighted by molar-refractivity contribution is -0.123. The summed E-state index contributed by atoms with van der Waals surface area (Å²) in [5, 5.41) is 7.05. The van der Waals surface area contributed by atoms with Gasteiger partial charge in [0.1, 0.15) is 11.8 Å². The van der Waals surface area contributed by atoms with Crippen molar-refractivity contribution in [1.82, 2.24) is 14.9 Å². The lowest BCUT2D eigenvalue weighted by Gasteiger charge is -2.29. The minimum absolute atomic E-state index is 0.0871. The number of benzene rings is 1. The van der Waals surface area contributed by atoms with Crippen LogP contribution >= 0.6 is 12.2 Å². The smallest absolute Gasteiger partial charge is 0.229 e. The van der Waals surface area contributed by atoms with Crippen LogP contribution in [-0.4, -0.2) is 41.4 Å². The average Bonchev–Trinajstić information content (AvgIpc) is 3.46. The van der Waals surface area contributed by atoms with E-state index in [-0.39, 0.29) is 18.0 Å². The molecule has 1 fully saturated rings. The second-order valence-electron chi connectivity index (χ2n) is 9.70. The van der Waals surface area contributed by atoms with Crippen molar-refractivity contribution in [2.24, 2.45) is 5.41 Å². The van der Waals surface area contributed by atoms with Gasteiger partial charge in [0.25, 0.3) is 0 Å². The van der Waals surface area contributed by atoms with E-state index in [0.717, 1.165) is 17.1 Å². The van der Waals surface area contributed by atoms with Crippen molar-refractivity contribution in [3.8, 4) is 5.75 Å². The molecular weight excluding hydrogens is 474 g/mol. The Kier molecular flexibility index (Phi) is 7.61. The van der Waals surface area contributed by atoms with E-state index in [4.69, 9.17) is 21.7 Å². The second kappa shape index (κ2) is 10.7. The number of pyridine rings is 1. The Hall–Kier alpha value is -3.43. The monoisotopic (exact) mass is 507 g/mol. The highest BCUT2D eigenvalue weighted by Gasteiger charge is 2.42. The Morgan fingerprint density at radius 2 is 1.97 bits per heavy atom. The first kappa shape index (κ1) is 25.7. The van der Waals surface area contributed by atoms with E-state index in [1.807, 2.05) is 63.2 Å². The predicted molar refractivity (Wildman–Crippen MR) is 145 cm³/mol. The molecule has 1 amide bonds. The third-order valence-corrected chi connectivity index (χ3v) is 6.51. The Bertz CT molecular complexity index is 1220. The molecule has 36 heavy (non-hydrogen) atoms. The third kappa shape index (κ3) is 5.22. The molecule has 2 N–H and O–H groups in total. The summed E-state index contributed by atoms with van der Waals surface area (Å²) in [6.45, 7) is 6.93. The molecule has 1 saturated heterocycles. The highest BCUT2D eigenvalue weighted by molar-refractivity contribution is 7.80. The van der Waals surface area contributed by atoms with Crippen LogP contribution in [0.3, 0.4) is 0 Å². The molecule has 1 aliphatic heterocycles. The number of anilines is 2. The van der Waals surface area contributed by atoms with E-state index >= 15 is 0 Å². The minimum Gasteiger partial charge on any atom is -0.494 e. The molecule has 1 aliphatic rings. The fourth-order valence-corrected chi connectivity index (χ4v) is 4.61. The van der Waals surface area contributed by atoms with Gasteiger partial charge in [-0.05, 0) is 48.6 Å². The van der Waals surface area contributed by atoms with Crippen molar-refractivity contribution in [1.29, 1.82) is 0 Å². The van der Waals surface area contributed by atoms with Gasteiger partial charge in [-0.25, -0.2) is 0 Å². The van der Waals surface area contributed by atoms with Gasteiger partial charge in [-0.2, -0.15) is 0 Å². The highest BCUT2D eigenvalue weighted by atomic mass is 32.1. The first-order valence-corrected chi connectivity index (χ1v) is 12.3. The second-order valence-corrected chi connectivity index (χ2v) is 10.1. The lowest BCUT2D eigenvalue weighted by Crippen LogP contribution is -2.31. The zero-order valence-corrected chi connectivity index (χ0v) is 22.1. The largest absolute Gasteiger partial charge is 0.494 e. The van der Waals surface area contributed by atoms with Gasteiger partial charge in [0, 0.05) is 48.9 Å². The molecule has 190 valence electrons. The van der Waals surface area contributed by atoms with Crippen molar-refractivity contribution >= 4 is 34.6 Å².